The second-order valence-corrected chi connectivity index (χ2v) is 6.14. The van der Waals surface area contributed by atoms with Gasteiger partial charge in [-0.05, 0) is 0 Å². The molecule has 8 heteroatoms. The summed E-state index contributed by atoms with van der Waals surface area (Å²) >= 11 is 0. The number of nitrogens with zero attached hydrogens (tertiary/aromatic N) is 2. The van der Waals surface area contributed by atoms with Crippen LogP contribution in [0.25, 0.3) is 0 Å². The molecule has 1 fully saturated rings. The van der Waals surface area contributed by atoms with Crippen LogP contribution < -0.4 is 0 Å². The number of rotatable bonds is 6. The molecule has 0 saturated carbocycles. The molecule has 1 unspecified atom stereocenters. The maximum atomic E-state index is 12.3. The van der Waals surface area contributed by atoms with Crippen LogP contribution >= 0.6 is 0 Å². The number of morpholine rings is 1. The monoisotopic (exact) mass is 280 g/mol. The molecule has 1 rings (SSSR count). The molecule has 0 aromatic heterocycles. The van der Waals surface area contributed by atoms with Crippen molar-refractivity contribution in [1.29, 1.82) is 0 Å². The van der Waals surface area contributed by atoms with Crippen molar-refractivity contribution in [2.75, 3.05) is 39.4 Å². The van der Waals surface area contributed by atoms with Gasteiger partial charge in [-0.15, -0.1) is 0 Å². The van der Waals surface area contributed by atoms with Crippen molar-refractivity contribution in [2.45, 2.75) is 13.8 Å². The minimum Gasteiger partial charge on any atom is -0.481 e. The molecule has 0 bridgehead atoms. The summed E-state index contributed by atoms with van der Waals surface area (Å²) in [6.45, 7) is 4.85. The summed E-state index contributed by atoms with van der Waals surface area (Å²) < 4.78 is 32.2. The summed E-state index contributed by atoms with van der Waals surface area (Å²) in [5.74, 6) is -1.72. The molecule has 1 saturated heterocycles. The van der Waals surface area contributed by atoms with Gasteiger partial charge < -0.3 is 9.84 Å². The van der Waals surface area contributed by atoms with Gasteiger partial charge in [0.2, 0.25) is 0 Å². The Morgan fingerprint density at radius 2 is 2.00 bits per heavy atom. The molecule has 1 aliphatic rings. The Morgan fingerprint density at radius 3 is 2.44 bits per heavy atom. The van der Waals surface area contributed by atoms with Gasteiger partial charge in [-0.25, -0.2) is 0 Å². The largest absolute Gasteiger partial charge is 0.481 e. The van der Waals surface area contributed by atoms with Gasteiger partial charge in [0, 0.05) is 26.2 Å². The van der Waals surface area contributed by atoms with Crippen LogP contribution in [0.5, 0.6) is 0 Å². The number of hydrogen-bond acceptors (Lipinski definition) is 4. The lowest BCUT2D eigenvalue weighted by Crippen LogP contribution is -2.50. The molecule has 0 amide bonds. The van der Waals surface area contributed by atoms with E-state index in [0.717, 1.165) is 0 Å². The van der Waals surface area contributed by atoms with Crippen LogP contribution in [0.2, 0.25) is 0 Å². The predicted octanol–water partition coefficient (Wildman–Crippen LogP) is -0.394. The number of ether oxygens (including phenoxy) is 1. The van der Waals surface area contributed by atoms with Crippen LogP contribution in [0.4, 0.5) is 0 Å². The van der Waals surface area contributed by atoms with Crippen molar-refractivity contribution in [3.05, 3.63) is 0 Å². The Labute approximate surface area is 108 Å². The fourth-order valence-corrected chi connectivity index (χ4v) is 3.39. The zero-order chi connectivity index (χ0) is 13.8. The van der Waals surface area contributed by atoms with E-state index in [-0.39, 0.29) is 13.1 Å². The Balaban J connectivity index is 2.75. The van der Waals surface area contributed by atoms with Gasteiger partial charge in [-0.2, -0.15) is 17.0 Å². The summed E-state index contributed by atoms with van der Waals surface area (Å²) in [4.78, 5) is 10.8. The highest BCUT2D eigenvalue weighted by Crippen LogP contribution is 2.13. The molecule has 1 heterocycles. The SMILES string of the molecule is CCN(CC(C)C(=O)O)S(=O)(=O)N1CCOCC1. The topological polar surface area (TPSA) is 87.2 Å². The van der Waals surface area contributed by atoms with Gasteiger partial charge in [0.25, 0.3) is 10.2 Å². The maximum Gasteiger partial charge on any atom is 0.307 e. The Bertz CT molecular complexity index is 378. The summed E-state index contributed by atoms with van der Waals surface area (Å²) in [5, 5.41) is 8.85. The molecule has 7 nitrogen and oxygen atoms in total. The molecule has 0 aromatic rings. The normalized spacial score (nSPS) is 19.9. The van der Waals surface area contributed by atoms with Crippen molar-refractivity contribution in [3.63, 3.8) is 0 Å². The van der Waals surface area contributed by atoms with Gasteiger partial charge in [0.1, 0.15) is 0 Å². The van der Waals surface area contributed by atoms with Gasteiger partial charge in [-0.3, -0.25) is 4.79 Å². The van der Waals surface area contributed by atoms with E-state index in [1.807, 2.05) is 0 Å². The van der Waals surface area contributed by atoms with Crippen molar-refractivity contribution in [2.24, 2.45) is 5.92 Å². The first-order chi connectivity index (χ1) is 8.39. The highest BCUT2D eigenvalue weighted by molar-refractivity contribution is 7.86. The molecule has 1 N–H and O–H groups in total. The molecule has 0 radical (unpaired) electrons. The molecule has 1 atom stereocenters. The van der Waals surface area contributed by atoms with E-state index in [4.69, 9.17) is 9.84 Å². The second kappa shape index (κ2) is 6.46. The predicted molar refractivity (Wildman–Crippen MR) is 65.4 cm³/mol. The van der Waals surface area contributed by atoms with Crippen molar-refractivity contribution in [1.82, 2.24) is 8.61 Å². The third-order valence-corrected chi connectivity index (χ3v) is 4.95. The summed E-state index contributed by atoms with van der Waals surface area (Å²) in [6.07, 6.45) is 0. The number of aliphatic carboxylic acids is 1. The smallest absolute Gasteiger partial charge is 0.307 e. The molecule has 0 aromatic carbocycles. The van der Waals surface area contributed by atoms with Crippen LogP contribution in [0.3, 0.4) is 0 Å². The van der Waals surface area contributed by atoms with E-state index in [0.29, 0.717) is 26.3 Å². The van der Waals surface area contributed by atoms with Gasteiger partial charge in [0.15, 0.2) is 0 Å². The van der Waals surface area contributed by atoms with E-state index in [1.165, 1.54) is 15.5 Å². The number of carbonyl (C=O) groups is 1. The van der Waals surface area contributed by atoms with Gasteiger partial charge in [-0.1, -0.05) is 13.8 Å². The van der Waals surface area contributed by atoms with Gasteiger partial charge in [0.05, 0.1) is 19.1 Å². The highest BCUT2D eigenvalue weighted by atomic mass is 32.2. The lowest BCUT2D eigenvalue weighted by molar-refractivity contribution is -0.141. The van der Waals surface area contributed by atoms with Crippen LogP contribution in [0.1, 0.15) is 13.8 Å². The van der Waals surface area contributed by atoms with Crippen LogP contribution in [-0.2, 0) is 19.7 Å². The van der Waals surface area contributed by atoms with E-state index in [2.05, 4.69) is 0 Å². The summed E-state index contributed by atoms with van der Waals surface area (Å²) in [7, 11) is -3.58. The molecular weight excluding hydrogens is 260 g/mol. The zero-order valence-electron chi connectivity index (χ0n) is 10.7. The number of hydrogen-bond donors (Lipinski definition) is 1. The second-order valence-electron chi connectivity index (χ2n) is 4.21. The quantitative estimate of drug-likeness (QED) is 0.715. The van der Waals surface area contributed by atoms with Crippen LogP contribution in [0, 0.1) is 5.92 Å². The van der Waals surface area contributed by atoms with Crippen LogP contribution in [-0.4, -0.2) is 67.5 Å². The fourth-order valence-electron chi connectivity index (χ4n) is 1.71. The Morgan fingerprint density at radius 1 is 1.44 bits per heavy atom. The molecule has 0 spiro atoms. The van der Waals surface area contributed by atoms with Crippen molar-refractivity contribution < 1.29 is 23.1 Å². The highest BCUT2D eigenvalue weighted by Gasteiger charge is 2.31. The van der Waals surface area contributed by atoms with Crippen molar-refractivity contribution >= 4 is 16.2 Å². The first-order valence-corrected chi connectivity index (χ1v) is 7.35. The first kappa shape index (κ1) is 15.4. The fraction of sp³-hybridized carbons (Fsp3) is 0.900. The van der Waals surface area contributed by atoms with E-state index < -0.39 is 22.1 Å². The summed E-state index contributed by atoms with van der Waals surface area (Å²) in [6, 6.07) is 0. The van der Waals surface area contributed by atoms with E-state index in [1.54, 1.807) is 6.92 Å². The lowest BCUT2D eigenvalue weighted by atomic mass is 10.2. The Hall–Kier alpha value is -0.700. The lowest BCUT2D eigenvalue weighted by Gasteiger charge is -2.32. The molecular formula is C10H20N2O5S. The average molecular weight is 280 g/mol. The molecule has 106 valence electrons. The van der Waals surface area contributed by atoms with Gasteiger partial charge >= 0.3 is 5.97 Å². The molecule has 18 heavy (non-hydrogen) atoms. The minimum absolute atomic E-state index is 0.00841. The van der Waals surface area contributed by atoms with Crippen molar-refractivity contribution in [3.8, 4) is 0 Å². The minimum atomic E-state index is -3.58. The van der Waals surface area contributed by atoms with E-state index >= 15 is 0 Å². The van der Waals surface area contributed by atoms with E-state index in [9.17, 15) is 13.2 Å². The average Bonchev–Trinajstić information content (AvgIpc) is 2.36. The maximum absolute atomic E-state index is 12.3. The zero-order valence-corrected chi connectivity index (χ0v) is 11.5. The molecule has 0 aliphatic carbocycles. The summed E-state index contributed by atoms with van der Waals surface area (Å²) in [5.41, 5.74) is 0. The third kappa shape index (κ3) is 3.64. The molecule has 1 aliphatic heterocycles. The standard InChI is InChI=1S/C10H20N2O5S/c1-3-11(8-9(2)10(13)14)18(15,16)12-4-6-17-7-5-12/h9H,3-8H2,1-2H3,(H,13,14). The number of carboxylic acids is 1. The third-order valence-electron chi connectivity index (χ3n) is 2.87. The first-order valence-electron chi connectivity index (χ1n) is 5.95. The number of carboxylic acid groups (broad SMARTS) is 1. The Kier molecular flexibility index (Phi) is 5.51. The van der Waals surface area contributed by atoms with Crippen LogP contribution in [0.15, 0.2) is 0 Å².